The summed E-state index contributed by atoms with van der Waals surface area (Å²) in [7, 11) is 0. The molecule has 0 N–H and O–H groups in total. The molecule has 2 rings (SSSR count). The third-order valence-corrected chi connectivity index (χ3v) is 3.15. The number of hydrogen-bond donors (Lipinski definition) is 0. The van der Waals surface area contributed by atoms with Crippen molar-refractivity contribution in [3.05, 3.63) is 12.2 Å². The summed E-state index contributed by atoms with van der Waals surface area (Å²) in [6.07, 6.45) is 7.41. The molecule has 2 aliphatic rings. The molecule has 0 radical (unpaired) electrons. The molecule has 19 heavy (non-hydrogen) atoms. The Labute approximate surface area is 111 Å². The maximum atomic E-state index is 11.5. The van der Waals surface area contributed by atoms with Crippen molar-refractivity contribution in [1.29, 1.82) is 0 Å². The molecule has 0 spiro atoms. The normalized spacial score (nSPS) is 25.7. The average Bonchev–Trinajstić information content (AvgIpc) is 2.64. The molecule has 104 valence electrons. The number of ether oxygens (including phenoxy) is 1. The first-order valence-corrected chi connectivity index (χ1v) is 6.56. The van der Waals surface area contributed by atoms with E-state index in [1.165, 1.54) is 0 Å². The molecule has 1 heterocycles. The first-order chi connectivity index (χ1) is 9.16. The highest BCUT2D eigenvalue weighted by Gasteiger charge is 2.33. The maximum absolute atomic E-state index is 11.5. The predicted octanol–water partition coefficient (Wildman–Crippen LogP) is 2.09. The highest BCUT2D eigenvalue weighted by molar-refractivity contribution is 6.01. The molecule has 6 heteroatoms. The Morgan fingerprint density at radius 3 is 2.53 bits per heavy atom. The Balaban J connectivity index is 1.81. The smallest absolute Gasteiger partial charge is 0.429 e. The SMILES string of the molecule is O=C(OC1CC/C=C/CCC1)ON1C(=O)CCC1=O. The minimum absolute atomic E-state index is 0.0837. The second kappa shape index (κ2) is 6.36. The Hall–Kier alpha value is -1.85. The van der Waals surface area contributed by atoms with E-state index in [2.05, 4.69) is 17.0 Å². The van der Waals surface area contributed by atoms with Gasteiger partial charge in [0.05, 0.1) is 0 Å². The van der Waals surface area contributed by atoms with Crippen LogP contribution in [0.4, 0.5) is 4.79 Å². The van der Waals surface area contributed by atoms with Gasteiger partial charge in [0.25, 0.3) is 11.8 Å². The molecule has 0 aromatic heterocycles. The van der Waals surface area contributed by atoms with E-state index in [1.807, 2.05) is 0 Å². The molecule has 1 aliphatic heterocycles. The van der Waals surface area contributed by atoms with Crippen LogP contribution < -0.4 is 0 Å². The monoisotopic (exact) mass is 267 g/mol. The molecule has 0 bridgehead atoms. The van der Waals surface area contributed by atoms with Crippen molar-refractivity contribution >= 4 is 18.0 Å². The summed E-state index contributed by atoms with van der Waals surface area (Å²) in [5.74, 6) is -0.995. The van der Waals surface area contributed by atoms with Crippen molar-refractivity contribution in [2.45, 2.75) is 51.0 Å². The molecule has 1 unspecified atom stereocenters. The van der Waals surface area contributed by atoms with Gasteiger partial charge >= 0.3 is 6.16 Å². The van der Waals surface area contributed by atoms with Gasteiger partial charge < -0.3 is 4.74 Å². The van der Waals surface area contributed by atoms with Crippen LogP contribution in [0.1, 0.15) is 44.9 Å². The van der Waals surface area contributed by atoms with Crippen LogP contribution in [0.25, 0.3) is 0 Å². The van der Waals surface area contributed by atoms with Crippen molar-refractivity contribution < 1.29 is 24.0 Å². The predicted molar refractivity (Wildman–Crippen MR) is 64.7 cm³/mol. The molecular formula is C13H17NO5. The molecule has 0 saturated carbocycles. The van der Waals surface area contributed by atoms with Crippen LogP contribution in [0.5, 0.6) is 0 Å². The van der Waals surface area contributed by atoms with Gasteiger partial charge in [-0.2, -0.15) is 0 Å². The summed E-state index contributed by atoms with van der Waals surface area (Å²) in [6, 6.07) is 0. The van der Waals surface area contributed by atoms with E-state index in [0.717, 1.165) is 32.1 Å². The zero-order valence-electron chi connectivity index (χ0n) is 10.7. The van der Waals surface area contributed by atoms with Crippen LogP contribution in [0.15, 0.2) is 12.2 Å². The van der Waals surface area contributed by atoms with E-state index in [0.29, 0.717) is 5.06 Å². The maximum Gasteiger partial charge on any atom is 0.534 e. The third kappa shape index (κ3) is 3.81. The minimum Gasteiger partial charge on any atom is -0.429 e. The van der Waals surface area contributed by atoms with E-state index >= 15 is 0 Å². The van der Waals surface area contributed by atoms with Gasteiger partial charge in [0.1, 0.15) is 6.10 Å². The van der Waals surface area contributed by atoms with Gasteiger partial charge in [-0.3, -0.25) is 14.4 Å². The highest BCUT2D eigenvalue weighted by atomic mass is 16.8. The van der Waals surface area contributed by atoms with Crippen molar-refractivity contribution in [1.82, 2.24) is 5.06 Å². The zero-order valence-corrected chi connectivity index (χ0v) is 10.7. The topological polar surface area (TPSA) is 72.9 Å². The Bertz CT molecular complexity index is 388. The summed E-state index contributed by atoms with van der Waals surface area (Å²) in [6.45, 7) is 0. The minimum atomic E-state index is -0.974. The van der Waals surface area contributed by atoms with Gasteiger partial charge in [-0.25, -0.2) is 4.79 Å². The lowest BCUT2D eigenvalue weighted by Gasteiger charge is -2.19. The molecule has 2 amide bonds. The summed E-state index contributed by atoms with van der Waals surface area (Å²) < 4.78 is 5.14. The molecule has 1 aliphatic carbocycles. The number of rotatable bonds is 2. The van der Waals surface area contributed by atoms with Gasteiger partial charge in [0.15, 0.2) is 0 Å². The molecule has 6 nitrogen and oxygen atoms in total. The summed E-state index contributed by atoms with van der Waals surface area (Å²) in [5.41, 5.74) is 0. The van der Waals surface area contributed by atoms with Crippen LogP contribution >= 0.6 is 0 Å². The van der Waals surface area contributed by atoms with E-state index in [4.69, 9.17) is 4.74 Å². The number of carbonyl (C=O) groups excluding carboxylic acids is 3. The number of amides is 2. The van der Waals surface area contributed by atoms with E-state index < -0.39 is 18.0 Å². The second-order valence-electron chi connectivity index (χ2n) is 4.64. The highest BCUT2D eigenvalue weighted by Crippen LogP contribution is 2.18. The largest absolute Gasteiger partial charge is 0.534 e. The quantitative estimate of drug-likeness (QED) is 0.435. The summed E-state index contributed by atoms with van der Waals surface area (Å²) >= 11 is 0. The van der Waals surface area contributed by atoms with Crippen molar-refractivity contribution in [3.63, 3.8) is 0 Å². The van der Waals surface area contributed by atoms with Crippen LogP contribution in [0, 0.1) is 0 Å². The van der Waals surface area contributed by atoms with Gasteiger partial charge in [-0.15, -0.1) is 0 Å². The van der Waals surface area contributed by atoms with E-state index in [1.54, 1.807) is 0 Å². The van der Waals surface area contributed by atoms with Gasteiger partial charge in [0.2, 0.25) is 0 Å². The number of allylic oxidation sites excluding steroid dienone is 2. The Morgan fingerprint density at radius 1 is 1.11 bits per heavy atom. The molecule has 1 saturated heterocycles. The van der Waals surface area contributed by atoms with Gasteiger partial charge in [-0.1, -0.05) is 17.2 Å². The van der Waals surface area contributed by atoms with Crippen molar-refractivity contribution in [2.75, 3.05) is 0 Å². The lowest BCUT2D eigenvalue weighted by atomic mass is 10.0. The first-order valence-electron chi connectivity index (χ1n) is 6.56. The fraction of sp³-hybridized carbons (Fsp3) is 0.615. The average molecular weight is 267 g/mol. The number of imide groups is 1. The second-order valence-corrected chi connectivity index (χ2v) is 4.64. The number of nitrogens with zero attached hydrogens (tertiary/aromatic N) is 1. The fourth-order valence-corrected chi connectivity index (χ4v) is 2.13. The van der Waals surface area contributed by atoms with E-state index in [-0.39, 0.29) is 18.9 Å². The Kier molecular flexibility index (Phi) is 4.54. The fourth-order valence-electron chi connectivity index (χ4n) is 2.13. The third-order valence-electron chi connectivity index (χ3n) is 3.15. The van der Waals surface area contributed by atoms with Crippen LogP contribution in [-0.2, 0) is 19.2 Å². The molecule has 1 atom stereocenters. The standard InChI is InChI=1S/C13H17NO5/c15-11-8-9-12(16)14(11)19-13(17)18-10-6-4-2-1-3-5-7-10/h1-2,10H,3-9H2/b2-1+. The zero-order chi connectivity index (χ0) is 13.7. The number of hydroxylamine groups is 2. The molecule has 1 fully saturated rings. The molecular weight excluding hydrogens is 250 g/mol. The lowest BCUT2D eigenvalue weighted by molar-refractivity contribution is -0.178. The van der Waals surface area contributed by atoms with Crippen LogP contribution in [-0.4, -0.2) is 29.1 Å². The first kappa shape index (κ1) is 13.6. The molecule has 0 aromatic rings. The number of hydrogen-bond acceptors (Lipinski definition) is 5. The Morgan fingerprint density at radius 2 is 1.79 bits per heavy atom. The van der Waals surface area contributed by atoms with Gasteiger partial charge in [-0.05, 0) is 32.1 Å². The lowest BCUT2D eigenvalue weighted by Crippen LogP contribution is -2.33. The summed E-state index contributed by atoms with van der Waals surface area (Å²) in [4.78, 5) is 38.8. The molecule has 0 aromatic carbocycles. The van der Waals surface area contributed by atoms with Crippen LogP contribution in [0.3, 0.4) is 0 Å². The van der Waals surface area contributed by atoms with Crippen molar-refractivity contribution in [2.24, 2.45) is 0 Å². The van der Waals surface area contributed by atoms with Crippen molar-refractivity contribution in [3.8, 4) is 0 Å². The van der Waals surface area contributed by atoms with Crippen LogP contribution in [0.2, 0.25) is 0 Å². The van der Waals surface area contributed by atoms with Gasteiger partial charge in [0, 0.05) is 12.8 Å². The number of carbonyl (C=O) groups is 3. The summed E-state index contributed by atoms with van der Waals surface area (Å²) in [5, 5.41) is 0.505. The van der Waals surface area contributed by atoms with E-state index in [9.17, 15) is 14.4 Å².